The zero-order valence-corrected chi connectivity index (χ0v) is 10.9. The molecular weight excluding hydrogens is 260 g/mol. The van der Waals surface area contributed by atoms with Gasteiger partial charge in [0.2, 0.25) is 0 Å². The normalized spacial score (nSPS) is 16.9. The van der Waals surface area contributed by atoms with E-state index in [-0.39, 0.29) is 11.6 Å². The summed E-state index contributed by atoms with van der Waals surface area (Å²) in [5, 5.41) is 2.75. The van der Waals surface area contributed by atoms with Crippen molar-refractivity contribution in [1.29, 1.82) is 0 Å². The minimum absolute atomic E-state index is 0.0561. The number of halogens is 2. The molecule has 1 aliphatic rings. The van der Waals surface area contributed by atoms with E-state index >= 15 is 0 Å². The molecule has 1 fully saturated rings. The van der Waals surface area contributed by atoms with Gasteiger partial charge in [-0.1, -0.05) is 0 Å². The first-order valence-electron chi connectivity index (χ1n) is 5.81. The maximum absolute atomic E-state index is 13.7. The van der Waals surface area contributed by atoms with Crippen LogP contribution in [0.2, 0.25) is 0 Å². The average molecular weight is 275 g/mol. The van der Waals surface area contributed by atoms with Crippen molar-refractivity contribution in [2.45, 2.75) is 6.92 Å². The molecule has 0 bridgehead atoms. The molecule has 1 aromatic rings. The summed E-state index contributed by atoms with van der Waals surface area (Å²) in [6, 6.07) is 0.839. The van der Waals surface area contributed by atoms with E-state index in [2.05, 4.69) is 10.3 Å². The van der Waals surface area contributed by atoms with Gasteiger partial charge in [0.05, 0.1) is 0 Å². The van der Waals surface area contributed by atoms with Gasteiger partial charge in [-0.25, -0.2) is 13.8 Å². The van der Waals surface area contributed by atoms with Crippen molar-refractivity contribution in [1.82, 2.24) is 4.98 Å². The van der Waals surface area contributed by atoms with Gasteiger partial charge in [-0.15, -0.1) is 0 Å². The predicted octanol–water partition coefficient (Wildman–Crippen LogP) is 1.36. The summed E-state index contributed by atoms with van der Waals surface area (Å²) in [6.07, 6.45) is 0. The highest BCUT2D eigenvalue weighted by atomic mass is 32.2. The number of anilines is 2. The van der Waals surface area contributed by atoms with Gasteiger partial charge < -0.3 is 10.2 Å². The van der Waals surface area contributed by atoms with E-state index in [4.69, 9.17) is 0 Å². The second-order valence-electron chi connectivity index (χ2n) is 3.99. The Bertz CT molecular complexity index is 460. The number of rotatable bonds is 3. The van der Waals surface area contributed by atoms with Gasteiger partial charge >= 0.3 is 0 Å². The van der Waals surface area contributed by atoms with Gasteiger partial charge in [0.15, 0.2) is 23.3 Å². The number of aromatic nitrogens is 1. The Balaban J connectivity index is 2.26. The molecule has 1 N–H and O–H groups in total. The second-order valence-corrected chi connectivity index (χ2v) is 5.69. The molecule has 1 aromatic heterocycles. The van der Waals surface area contributed by atoms with E-state index in [1.54, 1.807) is 4.90 Å². The molecule has 1 saturated heterocycles. The molecule has 0 radical (unpaired) electrons. The summed E-state index contributed by atoms with van der Waals surface area (Å²) in [6.45, 7) is 3.29. The van der Waals surface area contributed by atoms with E-state index in [9.17, 15) is 13.0 Å². The van der Waals surface area contributed by atoms with Crippen molar-refractivity contribution < 1.29 is 13.0 Å². The van der Waals surface area contributed by atoms with Gasteiger partial charge in [-0.3, -0.25) is 4.21 Å². The van der Waals surface area contributed by atoms with Crippen LogP contribution < -0.4 is 10.2 Å². The molecular formula is C11H15F2N3OS. The van der Waals surface area contributed by atoms with Gasteiger partial charge in [0.1, 0.15) is 0 Å². The Morgan fingerprint density at radius 1 is 1.39 bits per heavy atom. The molecule has 2 rings (SSSR count). The Kier molecular flexibility index (Phi) is 4.11. The van der Waals surface area contributed by atoms with Crippen LogP contribution in [0.3, 0.4) is 0 Å². The molecule has 0 atom stereocenters. The van der Waals surface area contributed by atoms with Crippen molar-refractivity contribution in [3.63, 3.8) is 0 Å². The monoisotopic (exact) mass is 275 g/mol. The van der Waals surface area contributed by atoms with Crippen LogP contribution in [0.5, 0.6) is 0 Å². The van der Waals surface area contributed by atoms with Crippen LogP contribution in [0.1, 0.15) is 6.92 Å². The highest BCUT2D eigenvalue weighted by Gasteiger charge is 2.21. The van der Waals surface area contributed by atoms with E-state index in [0.717, 1.165) is 6.07 Å². The molecule has 0 saturated carbocycles. The molecule has 0 aliphatic carbocycles. The highest BCUT2D eigenvalue weighted by molar-refractivity contribution is 7.85. The highest BCUT2D eigenvalue weighted by Crippen LogP contribution is 2.23. The maximum Gasteiger partial charge on any atom is 0.168 e. The van der Waals surface area contributed by atoms with Crippen molar-refractivity contribution in [3.05, 3.63) is 17.7 Å². The van der Waals surface area contributed by atoms with Crippen molar-refractivity contribution in [3.8, 4) is 0 Å². The summed E-state index contributed by atoms with van der Waals surface area (Å²) in [4.78, 5) is 5.68. The lowest BCUT2D eigenvalue weighted by Crippen LogP contribution is -2.38. The summed E-state index contributed by atoms with van der Waals surface area (Å²) in [7, 11) is -0.836. The summed E-state index contributed by atoms with van der Waals surface area (Å²) in [5.74, 6) is -0.200. The minimum atomic E-state index is -0.836. The van der Waals surface area contributed by atoms with E-state index < -0.39 is 22.4 Å². The zero-order chi connectivity index (χ0) is 13.1. The first-order chi connectivity index (χ1) is 8.61. The van der Waals surface area contributed by atoms with Gasteiger partial charge in [0, 0.05) is 48.0 Å². The molecule has 100 valence electrons. The van der Waals surface area contributed by atoms with Crippen LogP contribution in [0.15, 0.2) is 6.07 Å². The summed E-state index contributed by atoms with van der Waals surface area (Å²) in [5.41, 5.74) is 0. The van der Waals surface area contributed by atoms with Crippen LogP contribution >= 0.6 is 0 Å². The molecule has 0 amide bonds. The number of pyridine rings is 1. The molecule has 18 heavy (non-hydrogen) atoms. The second kappa shape index (κ2) is 5.60. The van der Waals surface area contributed by atoms with Crippen LogP contribution in [-0.4, -0.2) is 40.3 Å². The summed E-state index contributed by atoms with van der Waals surface area (Å²) < 4.78 is 38.4. The Hall–Kier alpha value is -1.24. The van der Waals surface area contributed by atoms with Gasteiger partial charge in [-0.2, -0.15) is 0 Å². The number of hydrogen-bond acceptors (Lipinski definition) is 4. The van der Waals surface area contributed by atoms with Gasteiger partial charge in [-0.05, 0) is 6.92 Å². The molecule has 7 heteroatoms. The topological polar surface area (TPSA) is 45.2 Å². The largest absolute Gasteiger partial charge is 0.368 e. The quantitative estimate of drug-likeness (QED) is 0.904. The van der Waals surface area contributed by atoms with Crippen LogP contribution in [0.4, 0.5) is 20.4 Å². The lowest BCUT2D eigenvalue weighted by Gasteiger charge is -2.28. The standard InChI is InChI=1S/C11H15F2N3OS/c1-2-14-10-8(12)7-9(13)11(15-10)16-3-5-18(17)6-4-16/h7H,2-6H2,1H3,(H,14,15). The van der Waals surface area contributed by atoms with Gasteiger partial charge in [0.25, 0.3) is 0 Å². The lowest BCUT2D eigenvalue weighted by molar-refractivity contribution is 0.570. The molecule has 4 nitrogen and oxygen atoms in total. The fourth-order valence-electron chi connectivity index (χ4n) is 1.82. The van der Waals surface area contributed by atoms with E-state index in [1.165, 1.54) is 0 Å². The maximum atomic E-state index is 13.7. The number of nitrogens with zero attached hydrogens (tertiary/aromatic N) is 2. The lowest BCUT2D eigenvalue weighted by atomic mass is 10.3. The molecule has 0 spiro atoms. The van der Waals surface area contributed by atoms with Crippen molar-refractivity contribution in [2.75, 3.05) is 41.4 Å². The fourth-order valence-corrected chi connectivity index (χ4v) is 2.87. The van der Waals surface area contributed by atoms with Crippen molar-refractivity contribution in [2.24, 2.45) is 0 Å². The van der Waals surface area contributed by atoms with Crippen LogP contribution in [-0.2, 0) is 10.8 Å². The zero-order valence-electron chi connectivity index (χ0n) is 10.1. The van der Waals surface area contributed by atoms with Crippen molar-refractivity contribution >= 4 is 22.4 Å². The number of nitrogens with one attached hydrogen (secondary N) is 1. The molecule has 0 unspecified atom stereocenters. The first-order valence-corrected chi connectivity index (χ1v) is 7.30. The molecule has 2 heterocycles. The Morgan fingerprint density at radius 2 is 2.06 bits per heavy atom. The predicted molar refractivity (Wildman–Crippen MR) is 68.4 cm³/mol. The Labute approximate surface area is 107 Å². The minimum Gasteiger partial charge on any atom is -0.368 e. The SMILES string of the molecule is CCNc1nc(N2CCS(=O)CC2)c(F)cc1F. The summed E-state index contributed by atoms with van der Waals surface area (Å²) >= 11 is 0. The first kappa shape index (κ1) is 13.2. The van der Waals surface area contributed by atoms with Crippen LogP contribution in [0.25, 0.3) is 0 Å². The third kappa shape index (κ3) is 2.77. The van der Waals surface area contributed by atoms with E-state index in [1.807, 2.05) is 6.92 Å². The van der Waals surface area contributed by atoms with E-state index in [0.29, 0.717) is 31.1 Å². The average Bonchev–Trinajstić information content (AvgIpc) is 2.34. The van der Waals surface area contributed by atoms with Crippen LogP contribution in [0, 0.1) is 11.6 Å². The molecule has 0 aromatic carbocycles. The molecule has 1 aliphatic heterocycles. The third-order valence-electron chi connectivity index (χ3n) is 2.73. The smallest absolute Gasteiger partial charge is 0.168 e. The number of hydrogen-bond donors (Lipinski definition) is 1. The Morgan fingerprint density at radius 3 is 2.67 bits per heavy atom. The third-order valence-corrected chi connectivity index (χ3v) is 4.01. The fraction of sp³-hybridized carbons (Fsp3) is 0.545.